The van der Waals surface area contributed by atoms with Gasteiger partial charge in [0.2, 0.25) is 0 Å². The molecule has 2 amide bonds. The first-order valence-corrected chi connectivity index (χ1v) is 9.88. The summed E-state index contributed by atoms with van der Waals surface area (Å²) in [6.45, 7) is 1.84. The molecule has 2 heterocycles. The fraction of sp³-hybridized carbons (Fsp3) is 0.167. The SMILES string of the molecule is CCOC(=O)C(Cc1ccc(N=Cc2ccco2)cc1)N1C(=O)c2ccccc2C1=O. The number of hydrogen-bond donors (Lipinski definition) is 0. The number of nitrogens with zero attached hydrogens (tertiary/aromatic N) is 2. The standard InChI is InChI=1S/C24H20N2O5/c1-2-30-24(29)21(26-22(27)19-7-3-4-8-20(19)23(26)28)14-16-9-11-17(12-10-16)25-15-18-6-5-13-31-18/h3-13,15,21H,2,14H2,1H3. The van der Waals surface area contributed by atoms with E-state index in [4.69, 9.17) is 9.15 Å². The predicted octanol–water partition coefficient (Wildman–Crippen LogP) is 3.80. The van der Waals surface area contributed by atoms with Crippen molar-refractivity contribution in [2.75, 3.05) is 6.61 Å². The molecule has 1 aromatic heterocycles. The highest BCUT2D eigenvalue weighted by atomic mass is 16.5. The molecule has 0 spiro atoms. The van der Waals surface area contributed by atoms with Crippen LogP contribution in [0.1, 0.15) is 39.0 Å². The van der Waals surface area contributed by atoms with Crippen LogP contribution in [-0.4, -0.2) is 41.5 Å². The molecule has 0 aliphatic carbocycles. The number of imide groups is 1. The Hall–Kier alpha value is -4.00. The van der Waals surface area contributed by atoms with Gasteiger partial charge in [-0.2, -0.15) is 0 Å². The Balaban J connectivity index is 1.56. The number of furan rings is 1. The van der Waals surface area contributed by atoms with E-state index in [1.165, 1.54) is 0 Å². The Morgan fingerprint density at radius 3 is 2.29 bits per heavy atom. The third-order valence-corrected chi connectivity index (χ3v) is 4.95. The lowest BCUT2D eigenvalue weighted by Gasteiger charge is -2.24. The summed E-state index contributed by atoms with van der Waals surface area (Å²) in [7, 11) is 0. The van der Waals surface area contributed by atoms with Gasteiger partial charge in [-0.15, -0.1) is 0 Å². The lowest BCUT2D eigenvalue weighted by molar-refractivity contribution is -0.147. The van der Waals surface area contributed by atoms with Crippen LogP contribution in [0.5, 0.6) is 0 Å². The average molecular weight is 416 g/mol. The molecule has 1 atom stereocenters. The monoisotopic (exact) mass is 416 g/mol. The molecule has 31 heavy (non-hydrogen) atoms. The fourth-order valence-corrected chi connectivity index (χ4v) is 3.45. The Morgan fingerprint density at radius 1 is 1.03 bits per heavy atom. The van der Waals surface area contributed by atoms with E-state index in [2.05, 4.69) is 4.99 Å². The van der Waals surface area contributed by atoms with Crippen LogP contribution in [0, 0.1) is 0 Å². The molecule has 1 aliphatic heterocycles. The number of hydrogen-bond acceptors (Lipinski definition) is 6. The summed E-state index contributed by atoms with van der Waals surface area (Å²) in [5, 5.41) is 0. The lowest BCUT2D eigenvalue weighted by Crippen LogP contribution is -2.47. The molecule has 0 saturated carbocycles. The van der Waals surface area contributed by atoms with Crippen LogP contribution in [0.4, 0.5) is 5.69 Å². The van der Waals surface area contributed by atoms with E-state index < -0.39 is 23.8 Å². The summed E-state index contributed by atoms with van der Waals surface area (Å²) in [5.41, 5.74) is 2.06. The van der Waals surface area contributed by atoms with Crippen LogP contribution in [-0.2, 0) is 16.0 Å². The Kier molecular flexibility index (Phi) is 5.75. The van der Waals surface area contributed by atoms with Gasteiger partial charge in [-0.05, 0) is 48.9 Å². The average Bonchev–Trinajstić information content (AvgIpc) is 3.39. The Morgan fingerprint density at radius 2 is 1.71 bits per heavy atom. The molecule has 4 rings (SSSR count). The van der Waals surface area contributed by atoms with E-state index in [1.54, 1.807) is 80.1 Å². The molecular weight excluding hydrogens is 396 g/mol. The van der Waals surface area contributed by atoms with E-state index >= 15 is 0 Å². The number of ether oxygens (including phenoxy) is 1. The van der Waals surface area contributed by atoms with Gasteiger partial charge >= 0.3 is 5.97 Å². The number of benzene rings is 2. The minimum Gasteiger partial charge on any atom is -0.464 e. The number of rotatable bonds is 7. The van der Waals surface area contributed by atoms with Crippen molar-refractivity contribution in [3.8, 4) is 0 Å². The summed E-state index contributed by atoms with van der Waals surface area (Å²) in [5.74, 6) is -0.953. The third kappa shape index (κ3) is 4.16. The van der Waals surface area contributed by atoms with Gasteiger partial charge < -0.3 is 9.15 Å². The number of carbonyl (C=O) groups is 3. The van der Waals surface area contributed by atoms with Crippen molar-refractivity contribution in [1.82, 2.24) is 4.90 Å². The molecule has 7 heteroatoms. The van der Waals surface area contributed by atoms with Gasteiger partial charge in [0.15, 0.2) is 0 Å². The van der Waals surface area contributed by atoms with Gasteiger partial charge in [0.25, 0.3) is 11.8 Å². The summed E-state index contributed by atoms with van der Waals surface area (Å²) < 4.78 is 10.4. The van der Waals surface area contributed by atoms with Crippen LogP contribution in [0.2, 0.25) is 0 Å². The van der Waals surface area contributed by atoms with E-state index in [1.807, 2.05) is 0 Å². The zero-order valence-electron chi connectivity index (χ0n) is 16.9. The highest BCUT2D eigenvalue weighted by Crippen LogP contribution is 2.27. The highest BCUT2D eigenvalue weighted by Gasteiger charge is 2.43. The summed E-state index contributed by atoms with van der Waals surface area (Å²) in [6.07, 6.45) is 3.32. The summed E-state index contributed by atoms with van der Waals surface area (Å²) >= 11 is 0. The molecule has 0 fully saturated rings. The van der Waals surface area contributed by atoms with E-state index in [-0.39, 0.29) is 13.0 Å². The maximum absolute atomic E-state index is 12.9. The van der Waals surface area contributed by atoms with Crippen LogP contribution < -0.4 is 0 Å². The maximum atomic E-state index is 12.9. The molecule has 1 aliphatic rings. The van der Waals surface area contributed by atoms with E-state index in [0.29, 0.717) is 22.6 Å². The molecule has 3 aromatic rings. The van der Waals surface area contributed by atoms with E-state index in [9.17, 15) is 14.4 Å². The molecule has 1 unspecified atom stereocenters. The molecule has 0 bridgehead atoms. The van der Waals surface area contributed by atoms with Crippen molar-refractivity contribution >= 4 is 29.7 Å². The molecule has 7 nitrogen and oxygen atoms in total. The van der Waals surface area contributed by atoms with Crippen molar-refractivity contribution in [2.45, 2.75) is 19.4 Å². The smallest absolute Gasteiger partial charge is 0.329 e. The van der Waals surface area contributed by atoms with Gasteiger partial charge in [-0.1, -0.05) is 24.3 Å². The lowest BCUT2D eigenvalue weighted by atomic mass is 10.0. The first kappa shape index (κ1) is 20.3. The van der Waals surface area contributed by atoms with Crippen molar-refractivity contribution in [3.05, 3.63) is 89.4 Å². The molecular formula is C24H20N2O5. The molecule has 0 N–H and O–H groups in total. The molecule has 0 saturated heterocycles. The second kappa shape index (κ2) is 8.79. The zero-order valence-corrected chi connectivity index (χ0v) is 16.9. The second-order valence-electron chi connectivity index (χ2n) is 6.94. The molecule has 156 valence electrons. The number of amides is 2. The van der Waals surface area contributed by atoms with Crippen molar-refractivity contribution < 1.29 is 23.5 Å². The maximum Gasteiger partial charge on any atom is 0.329 e. The molecule has 0 radical (unpaired) electrons. The normalized spacial score (nSPS) is 14.2. The zero-order chi connectivity index (χ0) is 21.8. The van der Waals surface area contributed by atoms with Crippen LogP contribution in [0.25, 0.3) is 0 Å². The van der Waals surface area contributed by atoms with Crippen LogP contribution in [0.3, 0.4) is 0 Å². The fourth-order valence-electron chi connectivity index (χ4n) is 3.45. The van der Waals surface area contributed by atoms with Gasteiger partial charge in [-0.3, -0.25) is 19.5 Å². The molecule has 2 aromatic carbocycles. The highest BCUT2D eigenvalue weighted by molar-refractivity contribution is 6.22. The number of esters is 1. The quantitative estimate of drug-likeness (QED) is 0.332. The first-order chi connectivity index (χ1) is 15.1. The minimum absolute atomic E-state index is 0.145. The van der Waals surface area contributed by atoms with Crippen molar-refractivity contribution in [2.24, 2.45) is 4.99 Å². The number of fused-ring (bicyclic) bond motifs is 1. The summed E-state index contributed by atoms with van der Waals surface area (Å²) in [4.78, 5) is 43.8. The Labute approximate surface area is 179 Å². The van der Waals surface area contributed by atoms with Gasteiger partial charge in [0, 0.05) is 6.42 Å². The number of carbonyl (C=O) groups excluding carboxylic acids is 3. The largest absolute Gasteiger partial charge is 0.464 e. The predicted molar refractivity (Wildman–Crippen MR) is 113 cm³/mol. The van der Waals surface area contributed by atoms with Crippen molar-refractivity contribution in [3.63, 3.8) is 0 Å². The Bertz CT molecular complexity index is 1100. The van der Waals surface area contributed by atoms with Crippen LogP contribution >= 0.6 is 0 Å². The van der Waals surface area contributed by atoms with Gasteiger partial charge in [-0.25, -0.2) is 4.79 Å². The second-order valence-corrected chi connectivity index (χ2v) is 6.94. The van der Waals surface area contributed by atoms with Crippen molar-refractivity contribution in [1.29, 1.82) is 0 Å². The summed E-state index contributed by atoms with van der Waals surface area (Å²) in [6, 6.07) is 16.3. The topological polar surface area (TPSA) is 89.2 Å². The van der Waals surface area contributed by atoms with Crippen LogP contribution in [0.15, 0.2) is 76.3 Å². The third-order valence-electron chi connectivity index (χ3n) is 4.95. The van der Waals surface area contributed by atoms with Gasteiger partial charge in [0.05, 0.1) is 35.9 Å². The first-order valence-electron chi connectivity index (χ1n) is 9.88. The van der Waals surface area contributed by atoms with Gasteiger partial charge in [0.1, 0.15) is 11.8 Å². The van der Waals surface area contributed by atoms with E-state index in [0.717, 1.165) is 10.5 Å². The minimum atomic E-state index is -1.05. The number of aliphatic imine (C=N–C) groups is 1.